The second-order valence-electron chi connectivity index (χ2n) is 4.88. The van der Waals surface area contributed by atoms with Gasteiger partial charge in [0.25, 0.3) is 0 Å². The van der Waals surface area contributed by atoms with E-state index in [0.717, 1.165) is 11.3 Å². The van der Waals surface area contributed by atoms with Crippen molar-refractivity contribution in [2.45, 2.75) is 24.7 Å². The molecule has 0 radical (unpaired) electrons. The Hall–Kier alpha value is -1.23. The SMILES string of the molecule is CN=C(NCC(O)C(F)(F)F)NC1CCOc2ccccc21.I. The summed E-state index contributed by atoms with van der Waals surface area (Å²) in [4.78, 5) is 3.88. The number of hydrogen-bond acceptors (Lipinski definition) is 3. The van der Waals surface area contributed by atoms with E-state index in [2.05, 4.69) is 15.6 Å². The van der Waals surface area contributed by atoms with Crippen molar-refractivity contribution in [2.75, 3.05) is 20.2 Å². The first kappa shape index (κ1) is 19.8. The molecule has 1 aromatic rings. The minimum Gasteiger partial charge on any atom is -0.493 e. The molecule has 1 aromatic carbocycles. The molecule has 1 aliphatic heterocycles. The molecule has 1 heterocycles. The molecule has 2 unspecified atom stereocenters. The first-order chi connectivity index (χ1) is 10.4. The number of benzene rings is 1. The van der Waals surface area contributed by atoms with Crippen LogP contribution in [0, 0.1) is 0 Å². The molecule has 9 heteroatoms. The molecule has 0 spiro atoms. The second kappa shape index (κ2) is 8.57. The highest BCUT2D eigenvalue weighted by Gasteiger charge is 2.38. The third-order valence-electron chi connectivity index (χ3n) is 3.33. The van der Waals surface area contributed by atoms with Gasteiger partial charge in [-0.15, -0.1) is 24.0 Å². The lowest BCUT2D eigenvalue weighted by molar-refractivity contribution is -0.201. The van der Waals surface area contributed by atoms with E-state index in [-0.39, 0.29) is 36.0 Å². The minimum atomic E-state index is -4.66. The van der Waals surface area contributed by atoms with Crippen molar-refractivity contribution in [3.63, 3.8) is 0 Å². The van der Waals surface area contributed by atoms with Gasteiger partial charge in [-0.1, -0.05) is 18.2 Å². The van der Waals surface area contributed by atoms with Crippen molar-refractivity contribution in [1.82, 2.24) is 10.6 Å². The summed E-state index contributed by atoms with van der Waals surface area (Å²) in [5.41, 5.74) is 0.924. The van der Waals surface area contributed by atoms with Crippen molar-refractivity contribution in [1.29, 1.82) is 0 Å². The average Bonchev–Trinajstić information content (AvgIpc) is 2.50. The molecule has 3 N–H and O–H groups in total. The number of halogens is 4. The lowest BCUT2D eigenvalue weighted by atomic mass is 10.0. The number of nitrogens with one attached hydrogen (secondary N) is 2. The van der Waals surface area contributed by atoms with E-state index in [1.807, 2.05) is 24.3 Å². The molecule has 2 atom stereocenters. The molecular formula is C14H19F3IN3O2. The maximum absolute atomic E-state index is 12.3. The van der Waals surface area contributed by atoms with E-state index >= 15 is 0 Å². The van der Waals surface area contributed by atoms with Crippen molar-refractivity contribution in [3.05, 3.63) is 29.8 Å². The zero-order valence-corrected chi connectivity index (χ0v) is 14.8. The van der Waals surface area contributed by atoms with Gasteiger partial charge in [0.1, 0.15) is 5.75 Å². The number of guanidine groups is 1. The smallest absolute Gasteiger partial charge is 0.416 e. The first-order valence-corrected chi connectivity index (χ1v) is 6.85. The standard InChI is InChI=1S/C14H18F3N3O2.HI/c1-18-13(19-8-12(21)14(15,16)17)20-10-6-7-22-11-5-3-2-4-9(10)11;/h2-5,10,12,21H,6-8H2,1H3,(H2,18,19,20);1H. The normalized spacial score (nSPS) is 19.0. The fourth-order valence-electron chi connectivity index (χ4n) is 2.16. The van der Waals surface area contributed by atoms with Gasteiger partial charge >= 0.3 is 6.18 Å². The highest BCUT2D eigenvalue weighted by atomic mass is 127. The molecule has 5 nitrogen and oxygen atoms in total. The van der Waals surface area contributed by atoms with Crippen molar-refractivity contribution in [3.8, 4) is 5.75 Å². The molecule has 0 saturated carbocycles. The summed E-state index contributed by atoms with van der Waals surface area (Å²) in [5.74, 6) is 0.946. The molecule has 0 bridgehead atoms. The van der Waals surface area contributed by atoms with Crippen LogP contribution in [0.3, 0.4) is 0 Å². The van der Waals surface area contributed by atoms with Crippen LogP contribution in [-0.2, 0) is 0 Å². The van der Waals surface area contributed by atoms with Gasteiger partial charge in [0.2, 0.25) is 0 Å². The highest BCUT2D eigenvalue weighted by molar-refractivity contribution is 14.0. The number of fused-ring (bicyclic) bond motifs is 1. The van der Waals surface area contributed by atoms with Crippen LogP contribution in [0.15, 0.2) is 29.3 Å². The fraction of sp³-hybridized carbons (Fsp3) is 0.500. The van der Waals surface area contributed by atoms with E-state index in [1.54, 1.807) is 0 Å². The Bertz CT molecular complexity index is 540. The van der Waals surface area contributed by atoms with Crippen LogP contribution < -0.4 is 15.4 Å². The molecule has 0 aliphatic carbocycles. The Morgan fingerprint density at radius 3 is 2.78 bits per heavy atom. The Morgan fingerprint density at radius 1 is 1.43 bits per heavy atom. The molecule has 0 saturated heterocycles. The maximum Gasteiger partial charge on any atom is 0.416 e. The van der Waals surface area contributed by atoms with Crippen LogP contribution in [-0.4, -0.2) is 43.5 Å². The summed E-state index contributed by atoms with van der Waals surface area (Å²) in [5, 5.41) is 14.5. The third kappa shape index (κ3) is 5.41. The van der Waals surface area contributed by atoms with E-state index in [4.69, 9.17) is 9.84 Å². The maximum atomic E-state index is 12.3. The molecule has 0 aromatic heterocycles. The fourth-order valence-corrected chi connectivity index (χ4v) is 2.16. The van der Waals surface area contributed by atoms with Crippen molar-refractivity contribution < 1.29 is 23.0 Å². The molecule has 0 amide bonds. The number of aliphatic hydroxyl groups excluding tert-OH is 1. The van der Waals surface area contributed by atoms with Crippen LogP contribution in [0.25, 0.3) is 0 Å². The van der Waals surface area contributed by atoms with Gasteiger partial charge in [0, 0.05) is 19.0 Å². The topological polar surface area (TPSA) is 65.9 Å². The second-order valence-corrected chi connectivity index (χ2v) is 4.88. The van der Waals surface area contributed by atoms with Gasteiger partial charge in [0.05, 0.1) is 19.2 Å². The van der Waals surface area contributed by atoms with Crippen LogP contribution in [0.4, 0.5) is 13.2 Å². The van der Waals surface area contributed by atoms with Gasteiger partial charge in [-0.25, -0.2) is 0 Å². The molecule has 2 rings (SSSR count). The quantitative estimate of drug-likeness (QED) is 0.380. The number of para-hydroxylation sites is 1. The Morgan fingerprint density at radius 2 is 2.13 bits per heavy atom. The van der Waals surface area contributed by atoms with Crippen molar-refractivity contribution >= 4 is 29.9 Å². The van der Waals surface area contributed by atoms with Crippen LogP contribution >= 0.6 is 24.0 Å². The summed E-state index contributed by atoms with van der Waals surface area (Å²) in [6, 6.07) is 7.34. The number of ether oxygens (including phenoxy) is 1. The number of hydrogen-bond donors (Lipinski definition) is 3. The van der Waals surface area contributed by atoms with E-state index in [1.165, 1.54) is 7.05 Å². The number of aliphatic hydroxyl groups is 1. The molecular weight excluding hydrogens is 426 g/mol. The predicted molar refractivity (Wildman–Crippen MR) is 91.3 cm³/mol. The summed E-state index contributed by atoms with van der Waals surface area (Å²) >= 11 is 0. The van der Waals surface area contributed by atoms with Crippen LogP contribution in [0.2, 0.25) is 0 Å². The molecule has 23 heavy (non-hydrogen) atoms. The number of nitrogens with zero attached hydrogens (tertiary/aromatic N) is 1. The van der Waals surface area contributed by atoms with Crippen LogP contribution in [0.1, 0.15) is 18.0 Å². The van der Waals surface area contributed by atoms with E-state index in [9.17, 15) is 13.2 Å². The average molecular weight is 445 g/mol. The predicted octanol–water partition coefficient (Wildman–Crippen LogP) is 2.22. The molecule has 0 fully saturated rings. The number of aliphatic imine (C=N–C) groups is 1. The van der Waals surface area contributed by atoms with Gasteiger partial charge < -0.3 is 20.5 Å². The van der Waals surface area contributed by atoms with Crippen molar-refractivity contribution in [2.24, 2.45) is 4.99 Å². The summed E-state index contributed by atoms with van der Waals surface area (Å²) in [7, 11) is 1.46. The summed E-state index contributed by atoms with van der Waals surface area (Å²) in [6.45, 7) is -0.148. The number of rotatable bonds is 3. The molecule has 1 aliphatic rings. The monoisotopic (exact) mass is 445 g/mol. The zero-order chi connectivity index (χ0) is 16.2. The Labute approximate surface area is 149 Å². The third-order valence-corrected chi connectivity index (χ3v) is 3.33. The lowest BCUT2D eigenvalue weighted by Crippen LogP contribution is -2.46. The first-order valence-electron chi connectivity index (χ1n) is 6.85. The van der Waals surface area contributed by atoms with Gasteiger partial charge in [-0.3, -0.25) is 4.99 Å². The highest BCUT2D eigenvalue weighted by Crippen LogP contribution is 2.31. The summed E-state index contributed by atoms with van der Waals surface area (Å²) < 4.78 is 42.4. The minimum absolute atomic E-state index is 0. The largest absolute Gasteiger partial charge is 0.493 e. The molecule has 130 valence electrons. The van der Waals surface area contributed by atoms with E-state index in [0.29, 0.717) is 13.0 Å². The summed E-state index contributed by atoms with van der Waals surface area (Å²) in [6.07, 6.45) is -6.43. The van der Waals surface area contributed by atoms with Gasteiger partial charge in [0.15, 0.2) is 12.1 Å². The van der Waals surface area contributed by atoms with Crippen LogP contribution in [0.5, 0.6) is 5.75 Å². The zero-order valence-electron chi connectivity index (χ0n) is 12.4. The lowest BCUT2D eigenvalue weighted by Gasteiger charge is -2.28. The Balaban J connectivity index is 0.00000264. The van der Waals surface area contributed by atoms with Gasteiger partial charge in [-0.05, 0) is 6.07 Å². The van der Waals surface area contributed by atoms with E-state index < -0.39 is 18.8 Å². The van der Waals surface area contributed by atoms with Gasteiger partial charge in [-0.2, -0.15) is 13.2 Å². The number of alkyl halides is 3. The Kier molecular flexibility index (Phi) is 7.39.